The third kappa shape index (κ3) is 2.59. The Balaban J connectivity index is 1.98. The highest BCUT2D eigenvalue weighted by Gasteiger charge is 2.27. The first-order chi connectivity index (χ1) is 10.2. The summed E-state index contributed by atoms with van der Waals surface area (Å²) in [5, 5.41) is 12.5. The number of carbonyl (C=O) groups excluding carboxylic acids is 1. The molecule has 0 saturated heterocycles. The van der Waals surface area contributed by atoms with Crippen LogP contribution in [0.2, 0.25) is 0 Å². The van der Waals surface area contributed by atoms with Gasteiger partial charge in [0.1, 0.15) is 6.04 Å². The summed E-state index contributed by atoms with van der Waals surface area (Å²) in [5.41, 5.74) is 6.59. The molecule has 1 unspecified atom stereocenters. The predicted molar refractivity (Wildman–Crippen MR) is 81.9 cm³/mol. The van der Waals surface area contributed by atoms with Crippen LogP contribution in [0.4, 0.5) is 5.69 Å². The number of anilines is 1. The van der Waals surface area contributed by atoms with Crippen molar-refractivity contribution in [2.45, 2.75) is 13.0 Å². The average molecular weight is 280 g/mol. The Morgan fingerprint density at radius 2 is 1.76 bits per heavy atom. The number of carbonyl (C=O) groups is 1. The van der Waals surface area contributed by atoms with Crippen LogP contribution in [0.15, 0.2) is 54.6 Å². The zero-order valence-corrected chi connectivity index (χ0v) is 11.6. The van der Waals surface area contributed by atoms with Crippen LogP contribution in [0.25, 0.3) is 5.70 Å². The first-order valence-corrected chi connectivity index (χ1v) is 6.77. The third-order valence-electron chi connectivity index (χ3n) is 3.59. The van der Waals surface area contributed by atoms with Crippen LogP contribution in [0.1, 0.15) is 22.7 Å². The Bertz CT molecular complexity index is 705. The first-order valence-electron chi connectivity index (χ1n) is 6.77. The Morgan fingerprint density at radius 3 is 2.48 bits per heavy atom. The lowest BCUT2D eigenvalue weighted by molar-refractivity contribution is -0.119. The number of hydrogen-bond acceptors (Lipinski definition) is 4. The van der Waals surface area contributed by atoms with E-state index in [1.165, 1.54) is 11.6 Å². The Hall–Kier alpha value is -2.43. The quantitative estimate of drug-likeness (QED) is 0.756. The highest BCUT2D eigenvalue weighted by atomic mass is 16.5. The molecule has 1 aliphatic rings. The van der Waals surface area contributed by atoms with Gasteiger partial charge >= 0.3 is 0 Å². The van der Waals surface area contributed by atoms with Crippen molar-refractivity contribution in [3.05, 3.63) is 71.3 Å². The summed E-state index contributed by atoms with van der Waals surface area (Å²) in [6, 6.07) is 14.8. The molecule has 0 saturated carbocycles. The smallest absolute Gasteiger partial charge is 0.181 e. The molecule has 4 heteroatoms. The molecular formula is C17H16N2O2. The molecule has 0 aliphatic heterocycles. The Morgan fingerprint density at radius 1 is 1.05 bits per heavy atom. The van der Waals surface area contributed by atoms with Crippen LogP contribution in [0.5, 0.6) is 0 Å². The Labute approximate surface area is 123 Å². The van der Waals surface area contributed by atoms with Crippen molar-refractivity contribution in [3.63, 3.8) is 0 Å². The number of rotatable bonds is 3. The number of aryl methyl sites for hydroxylation is 1. The van der Waals surface area contributed by atoms with Crippen molar-refractivity contribution in [1.82, 2.24) is 5.48 Å². The van der Waals surface area contributed by atoms with E-state index >= 15 is 0 Å². The average Bonchev–Trinajstić information content (AvgIpc) is 2.50. The van der Waals surface area contributed by atoms with Crippen LogP contribution >= 0.6 is 0 Å². The van der Waals surface area contributed by atoms with Gasteiger partial charge in [-0.15, -0.1) is 0 Å². The molecule has 2 aromatic carbocycles. The highest BCUT2D eigenvalue weighted by molar-refractivity contribution is 6.06. The number of hydrogen-bond donors (Lipinski definition) is 3. The molecule has 0 amide bonds. The van der Waals surface area contributed by atoms with Crippen molar-refractivity contribution in [2.24, 2.45) is 0 Å². The molecule has 0 aromatic heterocycles. The number of nitrogens with one attached hydrogen (secondary N) is 2. The molecule has 3 rings (SSSR count). The summed E-state index contributed by atoms with van der Waals surface area (Å²) >= 11 is 0. The van der Waals surface area contributed by atoms with Gasteiger partial charge in [0.15, 0.2) is 5.78 Å². The molecule has 106 valence electrons. The van der Waals surface area contributed by atoms with Crippen LogP contribution in [-0.4, -0.2) is 11.0 Å². The van der Waals surface area contributed by atoms with E-state index in [-0.39, 0.29) is 5.78 Å². The van der Waals surface area contributed by atoms with Crippen LogP contribution in [0, 0.1) is 6.92 Å². The van der Waals surface area contributed by atoms with Crippen LogP contribution in [-0.2, 0) is 4.79 Å². The fourth-order valence-corrected chi connectivity index (χ4v) is 2.48. The summed E-state index contributed by atoms with van der Waals surface area (Å²) in [6.07, 6.45) is 1.52. The van der Waals surface area contributed by atoms with E-state index in [1.54, 1.807) is 0 Å². The van der Waals surface area contributed by atoms with E-state index in [2.05, 4.69) is 10.8 Å². The van der Waals surface area contributed by atoms with Gasteiger partial charge < -0.3 is 10.5 Å². The summed E-state index contributed by atoms with van der Waals surface area (Å²) in [4.78, 5) is 12.1. The molecular weight excluding hydrogens is 264 g/mol. The molecule has 0 bridgehead atoms. The maximum absolute atomic E-state index is 12.1. The SMILES string of the molecule is Cc1ccc(NC2=CC(=O)C(NO)c3ccccc32)cc1. The fourth-order valence-electron chi connectivity index (χ4n) is 2.48. The molecule has 21 heavy (non-hydrogen) atoms. The minimum absolute atomic E-state index is 0.175. The molecule has 2 aromatic rings. The molecule has 1 atom stereocenters. The molecule has 3 N–H and O–H groups in total. The monoisotopic (exact) mass is 280 g/mol. The molecule has 0 fully saturated rings. The normalized spacial score (nSPS) is 17.1. The van der Waals surface area contributed by atoms with Crippen molar-refractivity contribution >= 4 is 17.2 Å². The summed E-state index contributed by atoms with van der Waals surface area (Å²) in [5.74, 6) is -0.175. The van der Waals surface area contributed by atoms with E-state index in [1.807, 2.05) is 55.5 Å². The van der Waals surface area contributed by atoms with Gasteiger partial charge in [0.2, 0.25) is 0 Å². The third-order valence-corrected chi connectivity index (χ3v) is 3.59. The topological polar surface area (TPSA) is 61.4 Å². The molecule has 0 radical (unpaired) electrons. The van der Waals surface area contributed by atoms with Crippen LogP contribution in [0.3, 0.4) is 0 Å². The van der Waals surface area contributed by atoms with Crippen molar-refractivity contribution < 1.29 is 10.0 Å². The second-order valence-electron chi connectivity index (χ2n) is 5.10. The van der Waals surface area contributed by atoms with Gasteiger partial charge in [0, 0.05) is 23.0 Å². The molecule has 0 spiro atoms. The standard InChI is InChI=1S/C17H16N2O2/c1-11-6-8-12(9-7-11)18-15-10-16(20)17(19-21)14-5-3-2-4-13(14)15/h2-10,17-19,21H,1H3. The zero-order valence-electron chi connectivity index (χ0n) is 11.6. The van der Waals surface area contributed by atoms with Gasteiger partial charge in [-0.05, 0) is 24.6 Å². The van der Waals surface area contributed by atoms with E-state index in [4.69, 9.17) is 0 Å². The maximum Gasteiger partial charge on any atom is 0.181 e. The Kier molecular flexibility index (Phi) is 3.56. The van der Waals surface area contributed by atoms with Crippen molar-refractivity contribution in [2.75, 3.05) is 5.32 Å². The van der Waals surface area contributed by atoms with Crippen molar-refractivity contribution in [1.29, 1.82) is 0 Å². The number of hydroxylamine groups is 1. The molecule has 4 nitrogen and oxygen atoms in total. The predicted octanol–water partition coefficient (Wildman–Crippen LogP) is 3.05. The number of benzene rings is 2. The van der Waals surface area contributed by atoms with Crippen molar-refractivity contribution in [3.8, 4) is 0 Å². The van der Waals surface area contributed by atoms with Gasteiger partial charge in [0.05, 0.1) is 0 Å². The van der Waals surface area contributed by atoms with Gasteiger partial charge in [0.25, 0.3) is 0 Å². The second-order valence-corrected chi connectivity index (χ2v) is 5.10. The van der Waals surface area contributed by atoms with Gasteiger partial charge in [-0.2, -0.15) is 5.48 Å². The molecule has 0 heterocycles. The van der Waals surface area contributed by atoms with E-state index < -0.39 is 6.04 Å². The zero-order chi connectivity index (χ0) is 14.8. The second kappa shape index (κ2) is 5.52. The van der Waals surface area contributed by atoms with E-state index in [9.17, 15) is 10.0 Å². The minimum atomic E-state index is -0.704. The van der Waals surface area contributed by atoms with E-state index in [0.29, 0.717) is 0 Å². The lowest BCUT2D eigenvalue weighted by Gasteiger charge is -2.24. The highest BCUT2D eigenvalue weighted by Crippen LogP contribution is 2.31. The fraction of sp³-hybridized carbons (Fsp3) is 0.118. The summed E-state index contributed by atoms with van der Waals surface area (Å²) in [7, 11) is 0. The number of fused-ring (bicyclic) bond motifs is 1. The first kappa shape index (κ1) is 13.5. The summed E-state index contributed by atoms with van der Waals surface area (Å²) in [6.45, 7) is 2.03. The lowest BCUT2D eigenvalue weighted by Crippen LogP contribution is -2.29. The van der Waals surface area contributed by atoms with Gasteiger partial charge in [-0.1, -0.05) is 42.0 Å². The minimum Gasteiger partial charge on any atom is -0.355 e. The molecule has 1 aliphatic carbocycles. The van der Waals surface area contributed by atoms with Gasteiger partial charge in [-0.3, -0.25) is 4.79 Å². The largest absolute Gasteiger partial charge is 0.355 e. The lowest BCUT2D eigenvalue weighted by atomic mass is 9.90. The van der Waals surface area contributed by atoms with Gasteiger partial charge in [-0.25, -0.2) is 0 Å². The van der Waals surface area contributed by atoms with E-state index in [0.717, 1.165) is 22.5 Å². The summed E-state index contributed by atoms with van der Waals surface area (Å²) < 4.78 is 0. The number of ketones is 1. The van der Waals surface area contributed by atoms with Crippen LogP contribution < -0.4 is 10.8 Å². The maximum atomic E-state index is 12.1.